The molecule has 6 heteroatoms. The zero-order valence-electron chi connectivity index (χ0n) is 9.64. The third-order valence-electron chi connectivity index (χ3n) is 2.83. The van der Waals surface area contributed by atoms with E-state index in [1.807, 2.05) is 11.4 Å². The van der Waals surface area contributed by atoms with Gasteiger partial charge in [-0.3, -0.25) is 9.36 Å². The second-order valence-corrected chi connectivity index (χ2v) is 5.74. The van der Waals surface area contributed by atoms with Gasteiger partial charge < -0.3 is 0 Å². The van der Waals surface area contributed by atoms with Gasteiger partial charge in [0.2, 0.25) is 0 Å². The van der Waals surface area contributed by atoms with Crippen molar-refractivity contribution >= 4 is 44.8 Å². The standard InChI is InChI=1S/C13H8Cl2N2OS/c14-9-2-1-3-10(15)8(9)6-17-7-16-11-4-5-19-12(11)13(17)18/h1-5,7H,6H2. The Morgan fingerprint density at radius 1 is 1.21 bits per heavy atom. The van der Waals surface area contributed by atoms with Crippen LogP contribution in [-0.4, -0.2) is 9.55 Å². The van der Waals surface area contributed by atoms with Gasteiger partial charge in [-0.1, -0.05) is 29.3 Å². The Morgan fingerprint density at radius 2 is 1.95 bits per heavy atom. The first-order valence-corrected chi connectivity index (χ1v) is 7.16. The molecule has 0 saturated heterocycles. The molecule has 0 unspecified atom stereocenters. The zero-order valence-corrected chi connectivity index (χ0v) is 12.0. The molecule has 0 aliphatic rings. The quantitative estimate of drug-likeness (QED) is 0.721. The number of hydrogen-bond donors (Lipinski definition) is 0. The van der Waals surface area contributed by atoms with E-state index in [-0.39, 0.29) is 5.56 Å². The van der Waals surface area contributed by atoms with Gasteiger partial charge in [0.15, 0.2) is 0 Å². The zero-order chi connectivity index (χ0) is 13.4. The number of aromatic nitrogens is 2. The van der Waals surface area contributed by atoms with Gasteiger partial charge in [0.25, 0.3) is 5.56 Å². The highest BCUT2D eigenvalue weighted by molar-refractivity contribution is 7.17. The monoisotopic (exact) mass is 310 g/mol. The first-order valence-electron chi connectivity index (χ1n) is 5.52. The maximum Gasteiger partial charge on any atom is 0.271 e. The topological polar surface area (TPSA) is 34.9 Å². The second kappa shape index (κ2) is 4.96. The Bertz CT molecular complexity index is 790. The summed E-state index contributed by atoms with van der Waals surface area (Å²) in [6, 6.07) is 7.11. The summed E-state index contributed by atoms with van der Waals surface area (Å²) in [5.74, 6) is 0. The molecule has 2 heterocycles. The van der Waals surface area contributed by atoms with Crippen LogP contribution in [0.5, 0.6) is 0 Å². The van der Waals surface area contributed by atoms with Crippen LogP contribution in [0.1, 0.15) is 5.56 Å². The Hall–Kier alpha value is -1.36. The predicted octanol–water partition coefficient (Wildman–Crippen LogP) is 3.81. The molecule has 3 rings (SSSR count). The minimum absolute atomic E-state index is 0.0732. The minimum atomic E-state index is -0.0732. The summed E-state index contributed by atoms with van der Waals surface area (Å²) >= 11 is 13.6. The van der Waals surface area contributed by atoms with E-state index in [1.165, 1.54) is 22.2 Å². The lowest BCUT2D eigenvalue weighted by Crippen LogP contribution is -2.20. The average molecular weight is 311 g/mol. The maximum atomic E-state index is 12.3. The molecule has 96 valence electrons. The molecule has 0 bridgehead atoms. The number of benzene rings is 1. The number of hydrogen-bond acceptors (Lipinski definition) is 3. The van der Waals surface area contributed by atoms with Crippen molar-refractivity contribution in [2.24, 2.45) is 0 Å². The number of halogens is 2. The van der Waals surface area contributed by atoms with Crippen molar-refractivity contribution in [3.05, 3.63) is 61.9 Å². The molecule has 0 spiro atoms. The van der Waals surface area contributed by atoms with Crippen molar-refractivity contribution in [1.29, 1.82) is 0 Å². The molecule has 0 aliphatic heterocycles. The van der Waals surface area contributed by atoms with Gasteiger partial charge in [-0.25, -0.2) is 4.98 Å². The van der Waals surface area contributed by atoms with Crippen LogP contribution in [-0.2, 0) is 6.54 Å². The largest absolute Gasteiger partial charge is 0.293 e. The lowest BCUT2D eigenvalue weighted by atomic mass is 10.2. The smallest absolute Gasteiger partial charge is 0.271 e. The first kappa shape index (κ1) is 12.7. The van der Waals surface area contributed by atoms with Crippen LogP contribution in [0.4, 0.5) is 0 Å². The predicted molar refractivity (Wildman–Crippen MR) is 79.4 cm³/mol. The van der Waals surface area contributed by atoms with Crippen LogP contribution < -0.4 is 5.56 Å². The molecule has 1 aromatic carbocycles. The molecule has 19 heavy (non-hydrogen) atoms. The van der Waals surface area contributed by atoms with E-state index in [4.69, 9.17) is 23.2 Å². The summed E-state index contributed by atoms with van der Waals surface area (Å²) < 4.78 is 2.16. The van der Waals surface area contributed by atoms with E-state index in [2.05, 4.69) is 4.98 Å². The lowest BCUT2D eigenvalue weighted by molar-refractivity contribution is 0.750. The summed E-state index contributed by atoms with van der Waals surface area (Å²) in [7, 11) is 0. The van der Waals surface area contributed by atoms with Gasteiger partial charge >= 0.3 is 0 Å². The molecule has 0 aliphatic carbocycles. The molecule has 0 amide bonds. The third-order valence-corrected chi connectivity index (χ3v) is 4.43. The van der Waals surface area contributed by atoms with Crippen LogP contribution >= 0.6 is 34.5 Å². The average Bonchev–Trinajstić information content (AvgIpc) is 2.85. The van der Waals surface area contributed by atoms with Crippen molar-refractivity contribution in [3.63, 3.8) is 0 Å². The van der Waals surface area contributed by atoms with Gasteiger partial charge in [0, 0.05) is 15.6 Å². The maximum absolute atomic E-state index is 12.3. The summed E-state index contributed by atoms with van der Waals surface area (Å²) in [6.45, 7) is 0.318. The second-order valence-electron chi connectivity index (χ2n) is 4.01. The van der Waals surface area contributed by atoms with Gasteiger partial charge in [-0.15, -0.1) is 11.3 Å². The Kier molecular flexibility index (Phi) is 3.31. The number of rotatable bonds is 2. The summed E-state index contributed by atoms with van der Waals surface area (Å²) in [5, 5.41) is 2.95. The SMILES string of the molecule is O=c1c2sccc2ncn1Cc1c(Cl)cccc1Cl. The highest BCUT2D eigenvalue weighted by Gasteiger charge is 2.10. The van der Waals surface area contributed by atoms with Crippen LogP contribution in [0.2, 0.25) is 10.0 Å². The van der Waals surface area contributed by atoms with Crippen LogP contribution in [0.15, 0.2) is 40.8 Å². The molecular weight excluding hydrogens is 303 g/mol. The molecule has 0 saturated carbocycles. The molecule has 0 fully saturated rings. The van der Waals surface area contributed by atoms with E-state index in [0.29, 0.717) is 21.3 Å². The van der Waals surface area contributed by atoms with Crippen molar-refractivity contribution in [1.82, 2.24) is 9.55 Å². The van der Waals surface area contributed by atoms with Crippen LogP contribution in [0.25, 0.3) is 10.2 Å². The molecule has 3 nitrogen and oxygen atoms in total. The van der Waals surface area contributed by atoms with Crippen molar-refractivity contribution in [2.75, 3.05) is 0 Å². The summed E-state index contributed by atoms with van der Waals surface area (Å²) in [5.41, 5.74) is 1.37. The molecule has 2 aromatic heterocycles. The minimum Gasteiger partial charge on any atom is -0.293 e. The van der Waals surface area contributed by atoms with E-state index in [1.54, 1.807) is 18.2 Å². The van der Waals surface area contributed by atoms with Crippen molar-refractivity contribution < 1.29 is 0 Å². The van der Waals surface area contributed by atoms with Gasteiger partial charge in [0.05, 0.1) is 18.4 Å². The number of nitrogens with zero attached hydrogens (tertiary/aromatic N) is 2. The fraction of sp³-hybridized carbons (Fsp3) is 0.0769. The van der Waals surface area contributed by atoms with Gasteiger partial charge in [-0.05, 0) is 23.6 Å². The number of fused-ring (bicyclic) bond motifs is 1. The Labute approximate surface area is 123 Å². The Morgan fingerprint density at radius 3 is 2.68 bits per heavy atom. The molecule has 0 N–H and O–H groups in total. The fourth-order valence-electron chi connectivity index (χ4n) is 1.85. The summed E-state index contributed by atoms with van der Waals surface area (Å²) in [6.07, 6.45) is 1.52. The van der Waals surface area contributed by atoms with E-state index >= 15 is 0 Å². The van der Waals surface area contributed by atoms with E-state index < -0.39 is 0 Å². The van der Waals surface area contributed by atoms with Gasteiger partial charge in [0.1, 0.15) is 4.70 Å². The molecule has 3 aromatic rings. The highest BCUT2D eigenvalue weighted by Crippen LogP contribution is 2.25. The highest BCUT2D eigenvalue weighted by atomic mass is 35.5. The third kappa shape index (κ3) is 2.27. The summed E-state index contributed by atoms with van der Waals surface area (Å²) in [4.78, 5) is 16.5. The van der Waals surface area contributed by atoms with E-state index in [0.717, 1.165) is 11.1 Å². The van der Waals surface area contributed by atoms with E-state index in [9.17, 15) is 4.79 Å². The Balaban J connectivity index is 2.11. The normalized spacial score (nSPS) is 11.1. The fourth-order valence-corrected chi connectivity index (χ4v) is 3.15. The first-order chi connectivity index (χ1) is 9.16. The van der Waals surface area contributed by atoms with Gasteiger partial charge in [-0.2, -0.15) is 0 Å². The van der Waals surface area contributed by atoms with Crippen molar-refractivity contribution in [3.8, 4) is 0 Å². The molecule has 0 atom stereocenters. The molecule has 0 radical (unpaired) electrons. The number of thiophene rings is 1. The van der Waals surface area contributed by atoms with Crippen molar-refractivity contribution in [2.45, 2.75) is 6.54 Å². The van der Waals surface area contributed by atoms with Crippen LogP contribution in [0, 0.1) is 0 Å². The molecular formula is C13H8Cl2N2OS. The lowest BCUT2D eigenvalue weighted by Gasteiger charge is -2.08. The van der Waals surface area contributed by atoms with Crippen LogP contribution in [0.3, 0.4) is 0 Å².